The zero-order chi connectivity index (χ0) is 19.8. The van der Waals surface area contributed by atoms with Gasteiger partial charge in [0.1, 0.15) is 5.82 Å². The first-order valence-electron chi connectivity index (χ1n) is 9.59. The summed E-state index contributed by atoms with van der Waals surface area (Å²) < 4.78 is 5.04. The van der Waals surface area contributed by atoms with Crippen LogP contribution in [0.1, 0.15) is 18.7 Å². The highest BCUT2D eigenvalue weighted by molar-refractivity contribution is 5.83. The Morgan fingerprint density at radius 2 is 2.11 bits per heavy atom. The fraction of sp³-hybridized carbons (Fsp3) is 0.429. The Morgan fingerprint density at radius 3 is 2.89 bits per heavy atom. The second-order valence-electron chi connectivity index (χ2n) is 6.83. The topological polar surface area (TPSA) is 84.4 Å². The minimum Gasteiger partial charge on any atom is -0.383 e. The monoisotopic (exact) mass is 382 g/mol. The summed E-state index contributed by atoms with van der Waals surface area (Å²) in [7, 11) is 1.60. The molecule has 0 saturated carbocycles. The van der Waals surface area contributed by atoms with Crippen molar-refractivity contribution in [2.45, 2.75) is 19.3 Å². The van der Waals surface area contributed by atoms with Gasteiger partial charge in [0.05, 0.1) is 18.2 Å². The molecule has 1 unspecified atom stereocenters. The number of nitrogens with one attached hydrogen (secondary N) is 1. The first-order valence-corrected chi connectivity index (χ1v) is 9.59. The van der Waals surface area contributed by atoms with Crippen molar-refractivity contribution in [1.82, 2.24) is 20.2 Å². The fourth-order valence-electron chi connectivity index (χ4n) is 3.28. The van der Waals surface area contributed by atoms with Crippen molar-refractivity contribution in [2.75, 3.05) is 33.4 Å². The number of aromatic nitrogens is 2. The molecule has 1 aromatic heterocycles. The molecule has 28 heavy (non-hydrogen) atoms. The second kappa shape index (κ2) is 9.94. The molecule has 1 aliphatic heterocycles. The van der Waals surface area contributed by atoms with E-state index >= 15 is 0 Å². The van der Waals surface area contributed by atoms with Crippen LogP contribution in [0.15, 0.2) is 42.6 Å². The number of benzene rings is 1. The van der Waals surface area contributed by atoms with Crippen molar-refractivity contribution >= 4 is 11.8 Å². The van der Waals surface area contributed by atoms with Crippen LogP contribution in [0, 0.1) is 5.92 Å². The van der Waals surface area contributed by atoms with Gasteiger partial charge in [-0.3, -0.25) is 9.59 Å². The van der Waals surface area contributed by atoms with Crippen molar-refractivity contribution < 1.29 is 14.3 Å². The van der Waals surface area contributed by atoms with Gasteiger partial charge in [-0.1, -0.05) is 30.3 Å². The molecular weight excluding hydrogens is 356 g/mol. The number of rotatable bonds is 8. The van der Waals surface area contributed by atoms with Gasteiger partial charge in [0, 0.05) is 51.3 Å². The van der Waals surface area contributed by atoms with E-state index in [4.69, 9.17) is 4.74 Å². The Balaban J connectivity index is 1.49. The summed E-state index contributed by atoms with van der Waals surface area (Å²) in [5.41, 5.74) is 1.91. The predicted molar refractivity (Wildman–Crippen MR) is 105 cm³/mol. The Kier molecular flexibility index (Phi) is 7.08. The summed E-state index contributed by atoms with van der Waals surface area (Å²) >= 11 is 0. The molecule has 1 fully saturated rings. The number of piperidine rings is 1. The van der Waals surface area contributed by atoms with Crippen molar-refractivity contribution in [3.8, 4) is 11.3 Å². The largest absolute Gasteiger partial charge is 0.383 e. The highest BCUT2D eigenvalue weighted by atomic mass is 16.5. The number of likely N-dealkylation sites (tertiary alicyclic amines) is 1. The van der Waals surface area contributed by atoms with Gasteiger partial charge in [0.2, 0.25) is 11.8 Å². The standard InChI is InChI=1S/C21H26N4O3/c1-28-14-13-25-15-17(7-8-20(25)26)21(27)23-12-10-19-22-11-9-18(24-19)16-5-3-2-4-6-16/h2-6,9,11,17H,7-8,10,12-15H2,1H3,(H,23,27). The number of methoxy groups -OCH3 is 1. The van der Waals surface area contributed by atoms with E-state index in [0.29, 0.717) is 51.3 Å². The third-order valence-corrected chi connectivity index (χ3v) is 4.86. The van der Waals surface area contributed by atoms with Gasteiger partial charge < -0.3 is 15.0 Å². The summed E-state index contributed by atoms with van der Waals surface area (Å²) in [6.07, 6.45) is 3.30. The third kappa shape index (κ3) is 5.36. The average Bonchev–Trinajstić information content (AvgIpc) is 2.74. The molecule has 1 N–H and O–H groups in total. The number of carbonyl (C=O) groups is 2. The molecule has 1 atom stereocenters. The smallest absolute Gasteiger partial charge is 0.224 e. The van der Waals surface area contributed by atoms with E-state index < -0.39 is 0 Å². The highest BCUT2D eigenvalue weighted by Crippen LogP contribution is 2.18. The molecular formula is C21H26N4O3. The van der Waals surface area contributed by atoms with Crippen molar-refractivity contribution in [1.29, 1.82) is 0 Å². The molecule has 2 aromatic rings. The van der Waals surface area contributed by atoms with E-state index in [1.54, 1.807) is 18.2 Å². The first-order chi connectivity index (χ1) is 13.7. The molecule has 0 spiro atoms. The lowest BCUT2D eigenvalue weighted by Crippen LogP contribution is -2.47. The SMILES string of the molecule is COCCN1CC(C(=O)NCCc2nccc(-c3ccccc3)n2)CCC1=O. The van der Waals surface area contributed by atoms with Gasteiger partial charge >= 0.3 is 0 Å². The number of hydrogen-bond donors (Lipinski definition) is 1. The van der Waals surface area contributed by atoms with Gasteiger partial charge in [0.15, 0.2) is 0 Å². The van der Waals surface area contributed by atoms with Crippen molar-refractivity contribution in [3.63, 3.8) is 0 Å². The van der Waals surface area contributed by atoms with E-state index in [1.807, 2.05) is 36.4 Å². The van der Waals surface area contributed by atoms with Crippen LogP contribution in [0.3, 0.4) is 0 Å². The first kappa shape index (κ1) is 19.9. The summed E-state index contributed by atoms with van der Waals surface area (Å²) in [6, 6.07) is 11.8. The predicted octanol–water partition coefficient (Wildman–Crippen LogP) is 1.69. The molecule has 0 aliphatic carbocycles. The van der Waals surface area contributed by atoms with Crippen molar-refractivity contribution in [3.05, 3.63) is 48.4 Å². The Hall–Kier alpha value is -2.80. The minimum absolute atomic E-state index is 0.0193. The van der Waals surface area contributed by atoms with Crippen LogP contribution in [0.4, 0.5) is 0 Å². The second-order valence-corrected chi connectivity index (χ2v) is 6.83. The molecule has 0 bridgehead atoms. The lowest BCUT2D eigenvalue weighted by atomic mass is 9.96. The van der Waals surface area contributed by atoms with Crippen molar-refractivity contribution in [2.24, 2.45) is 5.92 Å². The quantitative estimate of drug-likeness (QED) is 0.751. The van der Waals surface area contributed by atoms with E-state index in [1.165, 1.54) is 0 Å². The van der Waals surface area contributed by atoms with Crippen LogP contribution in [0.2, 0.25) is 0 Å². The molecule has 2 heterocycles. The van der Waals surface area contributed by atoms with Gasteiger partial charge in [0.25, 0.3) is 0 Å². The Labute approximate surface area is 165 Å². The molecule has 2 amide bonds. The third-order valence-electron chi connectivity index (χ3n) is 4.86. The zero-order valence-electron chi connectivity index (χ0n) is 16.1. The lowest BCUT2D eigenvalue weighted by Gasteiger charge is -2.31. The number of amides is 2. The molecule has 0 radical (unpaired) electrons. The maximum Gasteiger partial charge on any atom is 0.224 e. The lowest BCUT2D eigenvalue weighted by molar-refractivity contribution is -0.138. The number of ether oxygens (including phenoxy) is 1. The molecule has 7 nitrogen and oxygen atoms in total. The summed E-state index contributed by atoms with van der Waals surface area (Å²) in [6.45, 7) is 1.93. The molecule has 148 valence electrons. The Morgan fingerprint density at radius 1 is 1.29 bits per heavy atom. The van der Waals surface area contributed by atoms with Gasteiger partial charge in [-0.05, 0) is 12.5 Å². The van der Waals surface area contributed by atoms with Crippen LogP contribution in [0.25, 0.3) is 11.3 Å². The fourth-order valence-corrected chi connectivity index (χ4v) is 3.28. The van der Waals surface area contributed by atoms with Crippen LogP contribution < -0.4 is 5.32 Å². The zero-order valence-corrected chi connectivity index (χ0v) is 16.1. The van der Waals surface area contributed by atoms with E-state index in [0.717, 1.165) is 11.3 Å². The molecule has 3 rings (SSSR count). The summed E-state index contributed by atoms with van der Waals surface area (Å²) in [5, 5.41) is 2.96. The van der Waals surface area contributed by atoms with Crippen LogP contribution >= 0.6 is 0 Å². The van der Waals surface area contributed by atoms with Gasteiger partial charge in [-0.2, -0.15) is 0 Å². The average molecular weight is 382 g/mol. The molecule has 1 aromatic carbocycles. The van der Waals surface area contributed by atoms with Crippen LogP contribution in [0.5, 0.6) is 0 Å². The summed E-state index contributed by atoms with van der Waals surface area (Å²) in [4.78, 5) is 35.0. The van der Waals surface area contributed by atoms with Crippen LogP contribution in [-0.2, 0) is 20.7 Å². The molecule has 7 heteroatoms. The highest BCUT2D eigenvalue weighted by Gasteiger charge is 2.29. The van der Waals surface area contributed by atoms with E-state index in [-0.39, 0.29) is 17.7 Å². The summed E-state index contributed by atoms with van der Waals surface area (Å²) in [5.74, 6) is 0.592. The van der Waals surface area contributed by atoms with Crippen LogP contribution in [-0.4, -0.2) is 60.0 Å². The minimum atomic E-state index is -0.175. The van der Waals surface area contributed by atoms with Gasteiger partial charge in [-0.25, -0.2) is 9.97 Å². The normalized spacial score (nSPS) is 16.8. The van der Waals surface area contributed by atoms with Gasteiger partial charge in [-0.15, -0.1) is 0 Å². The molecule has 1 saturated heterocycles. The maximum atomic E-state index is 12.5. The number of hydrogen-bond acceptors (Lipinski definition) is 5. The number of nitrogens with zero attached hydrogens (tertiary/aromatic N) is 3. The molecule has 1 aliphatic rings. The van der Waals surface area contributed by atoms with E-state index in [2.05, 4.69) is 15.3 Å². The number of carbonyl (C=O) groups excluding carboxylic acids is 2. The Bertz CT molecular complexity index is 797. The maximum absolute atomic E-state index is 12.5. The van der Waals surface area contributed by atoms with E-state index in [9.17, 15) is 9.59 Å².